The molecular weight excluding hydrogens is 328 g/mol. The van der Waals surface area contributed by atoms with Crippen LogP contribution in [0.25, 0.3) is 0 Å². The quantitative estimate of drug-likeness (QED) is 0.358. The summed E-state index contributed by atoms with van der Waals surface area (Å²) in [4.78, 5) is 20.6. The van der Waals surface area contributed by atoms with Crippen molar-refractivity contribution < 1.29 is 19.8 Å². The van der Waals surface area contributed by atoms with Crippen LogP contribution in [-0.4, -0.2) is 49.7 Å². The number of nitrogen functional groups attached to an aromatic ring is 4. The maximum Gasteiger partial charge on any atom is 2.00 e. The Morgan fingerprint density at radius 3 is 1.00 bits per heavy atom. The summed E-state index contributed by atoms with van der Waals surface area (Å²) in [6.07, 6.45) is 0. The molecule has 2 rings (SSSR count). The van der Waals surface area contributed by atoms with Crippen LogP contribution in [0.1, 0.15) is 20.7 Å². The van der Waals surface area contributed by atoms with E-state index >= 15 is 0 Å². The third-order valence-corrected chi connectivity index (χ3v) is 2.43. The SMILES string of the molecule is Nc1cc(N)cc(C(=O)[O-])c1.Nc1cc(N)cc(C(=O)[O-])c1.[Ca+2]. The summed E-state index contributed by atoms with van der Waals surface area (Å²) in [5.74, 6) is -2.55. The van der Waals surface area contributed by atoms with Gasteiger partial charge >= 0.3 is 37.7 Å². The van der Waals surface area contributed by atoms with Gasteiger partial charge in [-0.3, -0.25) is 0 Å². The molecule has 0 spiro atoms. The Hall–Kier alpha value is -2.16. The molecule has 0 heterocycles. The molecule has 0 atom stereocenters. The Kier molecular flexibility index (Phi) is 8.23. The van der Waals surface area contributed by atoms with Crippen LogP contribution in [0.5, 0.6) is 0 Å². The Bertz CT molecular complexity index is 620. The van der Waals surface area contributed by atoms with Crippen LogP contribution in [-0.2, 0) is 0 Å². The smallest absolute Gasteiger partial charge is 0.545 e. The Labute approximate surface area is 162 Å². The predicted octanol–water partition coefficient (Wildman–Crippen LogP) is -1.95. The van der Waals surface area contributed by atoms with E-state index < -0.39 is 11.9 Å². The van der Waals surface area contributed by atoms with E-state index in [-0.39, 0.29) is 48.9 Å². The average Bonchev–Trinajstić information content (AvgIpc) is 2.37. The summed E-state index contributed by atoms with van der Waals surface area (Å²) in [6.45, 7) is 0. The molecule has 2 aromatic rings. The maximum absolute atomic E-state index is 10.3. The molecule has 0 aliphatic heterocycles. The van der Waals surface area contributed by atoms with E-state index in [4.69, 9.17) is 22.9 Å². The first-order valence-corrected chi connectivity index (χ1v) is 5.94. The van der Waals surface area contributed by atoms with Crippen LogP contribution in [0.4, 0.5) is 22.7 Å². The van der Waals surface area contributed by atoms with E-state index in [1.165, 1.54) is 36.4 Å². The summed E-state index contributed by atoms with van der Waals surface area (Å²) in [5.41, 5.74) is 22.6. The minimum atomic E-state index is -1.27. The fourth-order valence-corrected chi connectivity index (χ4v) is 1.59. The number of carbonyl (C=O) groups is 2. The van der Waals surface area contributed by atoms with Gasteiger partial charge in [0.05, 0.1) is 11.9 Å². The Morgan fingerprint density at radius 1 is 0.609 bits per heavy atom. The van der Waals surface area contributed by atoms with Gasteiger partial charge in [0.1, 0.15) is 0 Å². The molecule has 0 unspecified atom stereocenters. The van der Waals surface area contributed by atoms with Crippen LogP contribution >= 0.6 is 0 Å². The zero-order valence-electron chi connectivity index (χ0n) is 12.1. The van der Waals surface area contributed by atoms with E-state index in [1.807, 2.05) is 0 Å². The van der Waals surface area contributed by atoms with Gasteiger partial charge in [0.15, 0.2) is 0 Å². The average molecular weight is 342 g/mol. The second-order valence-corrected chi connectivity index (χ2v) is 4.35. The number of hydrogen-bond donors (Lipinski definition) is 4. The number of rotatable bonds is 2. The molecule has 23 heavy (non-hydrogen) atoms. The van der Waals surface area contributed by atoms with Crippen LogP contribution in [0, 0.1) is 0 Å². The summed E-state index contributed by atoms with van der Waals surface area (Å²) in [7, 11) is 0. The molecule has 0 saturated carbocycles. The largest absolute Gasteiger partial charge is 2.00 e. The van der Waals surface area contributed by atoms with Crippen LogP contribution in [0.15, 0.2) is 36.4 Å². The second kappa shape index (κ2) is 9.09. The van der Waals surface area contributed by atoms with Gasteiger partial charge in [0.2, 0.25) is 0 Å². The molecule has 8 N–H and O–H groups in total. The number of carboxylic acids is 2. The van der Waals surface area contributed by atoms with E-state index in [2.05, 4.69) is 0 Å². The van der Waals surface area contributed by atoms with E-state index in [9.17, 15) is 19.8 Å². The van der Waals surface area contributed by atoms with Crippen molar-refractivity contribution in [3.8, 4) is 0 Å². The van der Waals surface area contributed by atoms with Crippen molar-refractivity contribution in [3.05, 3.63) is 47.5 Å². The molecule has 8 nitrogen and oxygen atoms in total. The zero-order chi connectivity index (χ0) is 16.9. The number of carbonyl (C=O) groups excluding carboxylic acids is 2. The first kappa shape index (κ1) is 20.8. The van der Waals surface area contributed by atoms with Crippen molar-refractivity contribution in [2.75, 3.05) is 22.9 Å². The zero-order valence-corrected chi connectivity index (χ0v) is 14.3. The fraction of sp³-hybridized carbons (Fsp3) is 0. The molecule has 0 fully saturated rings. The minimum Gasteiger partial charge on any atom is -0.545 e. The van der Waals surface area contributed by atoms with Crippen LogP contribution in [0.3, 0.4) is 0 Å². The molecule has 116 valence electrons. The molecular formula is C14H14CaN4O4. The van der Waals surface area contributed by atoms with Gasteiger partial charge in [-0.2, -0.15) is 0 Å². The van der Waals surface area contributed by atoms with E-state index in [0.29, 0.717) is 22.7 Å². The van der Waals surface area contributed by atoms with Crippen LogP contribution < -0.4 is 33.1 Å². The van der Waals surface area contributed by atoms with E-state index in [0.717, 1.165) is 0 Å². The van der Waals surface area contributed by atoms with Crippen molar-refractivity contribution in [2.45, 2.75) is 0 Å². The first-order valence-electron chi connectivity index (χ1n) is 5.94. The van der Waals surface area contributed by atoms with Gasteiger partial charge < -0.3 is 42.7 Å². The standard InChI is InChI=1S/2C7H8N2O2.Ca/c2*8-5-1-4(7(10)11)2-6(9)3-5;/h2*1-3H,8-9H2,(H,10,11);/q;;+2/p-2. The number of benzene rings is 2. The van der Waals surface area contributed by atoms with E-state index in [1.54, 1.807) is 0 Å². The molecule has 0 aromatic heterocycles. The molecule has 0 aliphatic rings. The monoisotopic (exact) mass is 342 g/mol. The topological polar surface area (TPSA) is 184 Å². The van der Waals surface area contributed by atoms with Gasteiger partial charge in [-0.15, -0.1) is 0 Å². The molecule has 0 bridgehead atoms. The Balaban J connectivity index is 0.000000403. The van der Waals surface area contributed by atoms with Gasteiger partial charge in [-0.25, -0.2) is 0 Å². The molecule has 0 saturated heterocycles. The minimum absolute atomic E-state index is 0. The van der Waals surface area contributed by atoms with Gasteiger partial charge in [0, 0.05) is 33.9 Å². The van der Waals surface area contributed by atoms with Crippen molar-refractivity contribution in [2.24, 2.45) is 0 Å². The molecule has 0 amide bonds. The number of nitrogens with two attached hydrogens (primary N) is 4. The summed E-state index contributed by atoms with van der Waals surface area (Å²) in [6, 6.07) is 8.15. The summed E-state index contributed by atoms with van der Waals surface area (Å²) < 4.78 is 0. The summed E-state index contributed by atoms with van der Waals surface area (Å²) in [5, 5.41) is 20.6. The van der Waals surface area contributed by atoms with Gasteiger partial charge in [-0.05, 0) is 36.4 Å². The molecule has 2 aromatic carbocycles. The number of carboxylic acid groups (broad SMARTS) is 2. The number of anilines is 4. The van der Waals surface area contributed by atoms with Crippen molar-refractivity contribution in [3.63, 3.8) is 0 Å². The van der Waals surface area contributed by atoms with Crippen molar-refractivity contribution in [1.82, 2.24) is 0 Å². The van der Waals surface area contributed by atoms with Crippen LogP contribution in [0.2, 0.25) is 0 Å². The first-order chi connectivity index (χ1) is 10.2. The number of hydrogen-bond acceptors (Lipinski definition) is 8. The third-order valence-electron chi connectivity index (χ3n) is 2.43. The Morgan fingerprint density at radius 2 is 0.826 bits per heavy atom. The van der Waals surface area contributed by atoms with Crippen molar-refractivity contribution >= 4 is 72.4 Å². The van der Waals surface area contributed by atoms with Gasteiger partial charge in [-0.1, -0.05) is 0 Å². The maximum atomic E-state index is 10.3. The second-order valence-electron chi connectivity index (χ2n) is 4.35. The van der Waals surface area contributed by atoms with Crippen molar-refractivity contribution in [1.29, 1.82) is 0 Å². The predicted molar refractivity (Wildman–Crippen MR) is 84.9 cm³/mol. The number of aromatic carboxylic acids is 2. The normalized spacial score (nSPS) is 9.04. The third kappa shape index (κ3) is 7.09. The molecule has 9 heteroatoms. The molecule has 0 radical (unpaired) electrons. The summed E-state index contributed by atoms with van der Waals surface area (Å²) >= 11 is 0. The van der Waals surface area contributed by atoms with Gasteiger partial charge in [0.25, 0.3) is 0 Å². The fourth-order valence-electron chi connectivity index (χ4n) is 1.59. The molecule has 0 aliphatic carbocycles.